The van der Waals surface area contributed by atoms with Gasteiger partial charge >= 0.3 is 6.09 Å². The van der Waals surface area contributed by atoms with Gasteiger partial charge in [0.15, 0.2) is 5.82 Å². The van der Waals surface area contributed by atoms with Gasteiger partial charge < -0.3 is 9.64 Å². The van der Waals surface area contributed by atoms with E-state index in [1.54, 1.807) is 37.8 Å². The Labute approximate surface area is 169 Å². The third kappa shape index (κ3) is 3.57. The molecule has 2 aromatic rings. The number of amides is 1. The van der Waals surface area contributed by atoms with Crippen molar-refractivity contribution in [2.45, 2.75) is 43.7 Å². The topological polar surface area (TPSA) is 79.8 Å². The van der Waals surface area contributed by atoms with E-state index in [0.717, 1.165) is 6.20 Å². The van der Waals surface area contributed by atoms with E-state index >= 15 is 0 Å². The highest BCUT2D eigenvalue weighted by molar-refractivity contribution is 7.89. The van der Waals surface area contributed by atoms with Gasteiger partial charge in [-0.3, -0.25) is 4.98 Å². The van der Waals surface area contributed by atoms with Crippen molar-refractivity contribution in [1.82, 2.24) is 14.2 Å². The summed E-state index contributed by atoms with van der Waals surface area (Å²) in [5.74, 6) is -0.629. The zero-order chi connectivity index (χ0) is 21.0. The predicted octanol–water partition coefficient (Wildman–Crippen LogP) is 3.00. The summed E-state index contributed by atoms with van der Waals surface area (Å²) < 4.78 is 47.9. The number of hydrogen-bond acceptors (Lipinski definition) is 5. The molecule has 0 saturated carbocycles. The second-order valence-corrected chi connectivity index (χ2v) is 10.5. The molecule has 2 saturated heterocycles. The van der Waals surface area contributed by atoms with Crippen LogP contribution in [0.25, 0.3) is 10.8 Å². The number of rotatable bonds is 2. The summed E-state index contributed by atoms with van der Waals surface area (Å²) in [6, 6.07) is 4.40. The van der Waals surface area contributed by atoms with Crippen LogP contribution in [-0.4, -0.2) is 60.0 Å². The molecule has 4 rings (SSSR count). The van der Waals surface area contributed by atoms with E-state index in [-0.39, 0.29) is 28.8 Å². The van der Waals surface area contributed by atoms with E-state index in [4.69, 9.17) is 4.74 Å². The Kier molecular flexibility index (Phi) is 4.77. The van der Waals surface area contributed by atoms with Crippen molar-refractivity contribution in [1.29, 1.82) is 0 Å². The van der Waals surface area contributed by atoms with E-state index in [1.165, 1.54) is 16.6 Å². The molecule has 3 heterocycles. The molecule has 156 valence electrons. The Morgan fingerprint density at radius 3 is 2.72 bits per heavy atom. The summed E-state index contributed by atoms with van der Waals surface area (Å²) in [5, 5.41) is 0.476. The molecule has 0 aliphatic carbocycles. The van der Waals surface area contributed by atoms with Crippen molar-refractivity contribution < 1.29 is 22.3 Å². The van der Waals surface area contributed by atoms with Crippen molar-refractivity contribution >= 4 is 26.9 Å². The molecule has 0 radical (unpaired) electrons. The summed E-state index contributed by atoms with van der Waals surface area (Å²) in [6.45, 7) is 6.42. The van der Waals surface area contributed by atoms with Gasteiger partial charge in [-0.1, -0.05) is 12.1 Å². The van der Waals surface area contributed by atoms with Crippen molar-refractivity contribution in [2.24, 2.45) is 5.92 Å². The maximum Gasteiger partial charge on any atom is 0.410 e. The number of sulfonamides is 1. The molecule has 2 fully saturated rings. The molecule has 2 atom stereocenters. The fraction of sp³-hybridized carbons (Fsp3) is 0.500. The maximum absolute atomic E-state index is 14.4. The van der Waals surface area contributed by atoms with Crippen LogP contribution in [0, 0.1) is 11.7 Å². The number of hydrogen-bond donors (Lipinski definition) is 0. The molecule has 1 aromatic carbocycles. The first-order chi connectivity index (χ1) is 13.6. The smallest absolute Gasteiger partial charge is 0.410 e. The van der Waals surface area contributed by atoms with Gasteiger partial charge in [0.25, 0.3) is 0 Å². The number of nitrogens with zero attached hydrogens (tertiary/aromatic N) is 3. The van der Waals surface area contributed by atoms with Crippen molar-refractivity contribution in [3.8, 4) is 0 Å². The van der Waals surface area contributed by atoms with Crippen molar-refractivity contribution in [3.63, 3.8) is 0 Å². The van der Waals surface area contributed by atoms with Gasteiger partial charge in [-0.15, -0.1) is 0 Å². The average molecular weight is 421 g/mol. The molecular formula is C20H24FN3O4S. The van der Waals surface area contributed by atoms with Crippen LogP contribution in [0.2, 0.25) is 0 Å². The molecule has 0 bridgehead atoms. The summed E-state index contributed by atoms with van der Waals surface area (Å²) >= 11 is 0. The Bertz CT molecular complexity index is 1060. The average Bonchev–Trinajstić information content (AvgIpc) is 3.21. The van der Waals surface area contributed by atoms with E-state index in [9.17, 15) is 17.6 Å². The molecule has 7 nitrogen and oxygen atoms in total. The Morgan fingerprint density at radius 1 is 1.24 bits per heavy atom. The number of halogens is 1. The summed E-state index contributed by atoms with van der Waals surface area (Å²) in [7, 11) is -3.93. The number of likely N-dealkylation sites (tertiary alicyclic amines) is 1. The molecule has 0 N–H and O–H groups in total. The lowest BCUT2D eigenvalue weighted by Crippen LogP contribution is -2.43. The third-order valence-electron chi connectivity index (χ3n) is 5.46. The molecule has 1 aromatic heterocycles. The second kappa shape index (κ2) is 6.91. The Hall–Kier alpha value is -2.26. The highest BCUT2D eigenvalue weighted by Crippen LogP contribution is 2.36. The highest BCUT2D eigenvalue weighted by atomic mass is 32.2. The van der Waals surface area contributed by atoms with Crippen molar-refractivity contribution in [2.75, 3.05) is 19.6 Å². The Balaban J connectivity index is 1.62. The summed E-state index contributed by atoms with van der Waals surface area (Å²) in [6.07, 6.45) is 2.75. The van der Waals surface area contributed by atoms with Gasteiger partial charge in [0.1, 0.15) is 5.60 Å². The lowest BCUT2D eigenvalue weighted by molar-refractivity contribution is 0.0223. The SMILES string of the molecule is CC(C)(C)OC(=O)N1CC[C@H]2CN(S(=O)(=O)c3cccc4cncc(F)c34)C[C@H]21. The first-order valence-electron chi connectivity index (χ1n) is 9.60. The third-order valence-corrected chi connectivity index (χ3v) is 7.33. The van der Waals surface area contributed by atoms with Crippen LogP contribution in [0.1, 0.15) is 27.2 Å². The number of pyridine rings is 1. The lowest BCUT2D eigenvalue weighted by Gasteiger charge is -2.28. The second-order valence-electron chi connectivity index (χ2n) is 8.59. The predicted molar refractivity (Wildman–Crippen MR) is 105 cm³/mol. The number of ether oxygens (including phenoxy) is 1. The zero-order valence-corrected chi connectivity index (χ0v) is 17.4. The molecule has 1 amide bonds. The van der Waals surface area contributed by atoms with Crippen LogP contribution < -0.4 is 0 Å². The molecule has 2 aliphatic heterocycles. The van der Waals surface area contributed by atoms with Crippen LogP contribution in [0.15, 0.2) is 35.5 Å². The quantitative estimate of drug-likeness (QED) is 0.745. The highest BCUT2D eigenvalue weighted by Gasteiger charge is 2.48. The van der Waals surface area contributed by atoms with Crippen LogP contribution >= 0.6 is 0 Å². The molecule has 9 heteroatoms. The van der Waals surface area contributed by atoms with Crippen LogP contribution in [-0.2, 0) is 14.8 Å². The molecule has 29 heavy (non-hydrogen) atoms. The normalized spacial score (nSPS) is 22.8. The fourth-order valence-corrected chi connectivity index (χ4v) is 5.92. The fourth-order valence-electron chi connectivity index (χ4n) is 4.18. The zero-order valence-electron chi connectivity index (χ0n) is 16.6. The number of carbonyl (C=O) groups is 1. The Morgan fingerprint density at radius 2 is 2.00 bits per heavy atom. The van der Waals surface area contributed by atoms with Gasteiger partial charge in [-0.2, -0.15) is 4.31 Å². The molecular weight excluding hydrogens is 397 g/mol. The first-order valence-corrected chi connectivity index (χ1v) is 11.0. The van der Waals surface area contributed by atoms with Crippen LogP contribution in [0.3, 0.4) is 0 Å². The lowest BCUT2D eigenvalue weighted by atomic mass is 10.1. The van der Waals surface area contributed by atoms with Gasteiger partial charge in [0.05, 0.1) is 17.1 Å². The number of benzene rings is 1. The van der Waals surface area contributed by atoms with Gasteiger partial charge in [0.2, 0.25) is 10.0 Å². The monoisotopic (exact) mass is 421 g/mol. The number of carbonyl (C=O) groups excluding carboxylic acids is 1. The van der Waals surface area contributed by atoms with Crippen LogP contribution in [0.4, 0.5) is 9.18 Å². The minimum absolute atomic E-state index is 0.0405. The van der Waals surface area contributed by atoms with E-state index in [0.29, 0.717) is 24.9 Å². The maximum atomic E-state index is 14.4. The minimum atomic E-state index is -3.93. The largest absolute Gasteiger partial charge is 0.444 e. The van der Waals surface area contributed by atoms with E-state index in [2.05, 4.69) is 4.98 Å². The standard InChI is InChI=1S/C20H24FN3O4S/c1-20(2,3)28-19(25)24-8-7-14-11-23(12-16(14)24)29(26,27)17-6-4-5-13-9-22-10-15(21)18(13)17/h4-6,9-10,14,16H,7-8,11-12H2,1-3H3/t14-,16+/m0/s1. The summed E-state index contributed by atoms with van der Waals surface area (Å²) in [4.78, 5) is 17.9. The molecule has 0 unspecified atom stereocenters. The molecule has 0 spiro atoms. The number of fused-ring (bicyclic) bond motifs is 2. The summed E-state index contributed by atoms with van der Waals surface area (Å²) in [5.41, 5.74) is -0.617. The van der Waals surface area contributed by atoms with Crippen molar-refractivity contribution in [3.05, 3.63) is 36.4 Å². The van der Waals surface area contributed by atoms with Gasteiger partial charge in [-0.25, -0.2) is 17.6 Å². The van der Waals surface area contributed by atoms with E-state index in [1.807, 2.05) is 0 Å². The van der Waals surface area contributed by atoms with E-state index < -0.39 is 27.5 Å². The minimum Gasteiger partial charge on any atom is -0.444 e. The first kappa shape index (κ1) is 20.0. The van der Waals surface area contributed by atoms with Crippen LogP contribution in [0.5, 0.6) is 0 Å². The van der Waals surface area contributed by atoms with Gasteiger partial charge in [0, 0.05) is 36.6 Å². The number of aromatic nitrogens is 1. The molecule has 2 aliphatic rings. The van der Waals surface area contributed by atoms with Gasteiger partial charge in [-0.05, 0) is 39.2 Å².